The maximum absolute atomic E-state index is 13.3. The quantitative estimate of drug-likeness (QED) is 0.733. The fraction of sp³-hybridized carbons (Fsp3) is 0.467. The van der Waals surface area contributed by atoms with Crippen LogP contribution in [0.1, 0.15) is 32.6 Å². The third kappa shape index (κ3) is 7.29. The summed E-state index contributed by atoms with van der Waals surface area (Å²) in [5, 5.41) is 11.3. The molecule has 1 amide bonds. The van der Waals surface area contributed by atoms with Crippen molar-refractivity contribution in [2.24, 2.45) is 0 Å². The van der Waals surface area contributed by atoms with Crippen molar-refractivity contribution in [1.82, 2.24) is 5.32 Å². The number of carbonyl (C=O) groups excluding carboxylic acids is 1. The van der Waals surface area contributed by atoms with Crippen LogP contribution < -0.4 is 10.1 Å². The van der Waals surface area contributed by atoms with Crippen molar-refractivity contribution in [3.8, 4) is 5.75 Å². The lowest BCUT2D eigenvalue weighted by Crippen LogP contribution is -2.33. The van der Waals surface area contributed by atoms with Crippen LogP contribution in [0, 0.1) is 5.82 Å². The molecule has 0 saturated heterocycles. The Kier molecular flexibility index (Phi) is 7.21. The van der Waals surface area contributed by atoms with Crippen molar-refractivity contribution >= 4 is 11.9 Å². The van der Waals surface area contributed by atoms with Crippen LogP contribution >= 0.6 is 0 Å². The molecule has 6 heteroatoms. The van der Waals surface area contributed by atoms with Gasteiger partial charge in [0.05, 0.1) is 13.0 Å². The molecule has 0 aliphatic carbocycles. The molecule has 0 fully saturated rings. The van der Waals surface area contributed by atoms with Crippen LogP contribution in [-0.2, 0) is 9.59 Å². The van der Waals surface area contributed by atoms with E-state index < -0.39 is 11.8 Å². The summed E-state index contributed by atoms with van der Waals surface area (Å²) in [5.74, 6) is -1.37. The Morgan fingerprint density at radius 1 is 1.33 bits per heavy atom. The maximum Gasteiger partial charge on any atom is 0.303 e. The van der Waals surface area contributed by atoms with E-state index in [0.717, 1.165) is 0 Å². The average Bonchev–Trinajstić information content (AvgIpc) is 2.40. The molecular weight excluding hydrogens is 277 g/mol. The van der Waals surface area contributed by atoms with Crippen LogP contribution in [-0.4, -0.2) is 29.6 Å². The fourth-order valence-electron chi connectivity index (χ4n) is 1.79. The van der Waals surface area contributed by atoms with Crippen LogP contribution in [0.15, 0.2) is 24.3 Å². The van der Waals surface area contributed by atoms with Crippen molar-refractivity contribution < 1.29 is 23.8 Å². The van der Waals surface area contributed by atoms with Crippen molar-refractivity contribution in [2.75, 3.05) is 6.61 Å². The number of hydrogen-bond donors (Lipinski definition) is 2. The molecule has 0 spiro atoms. The Hall–Kier alpha value is -2.11. The third-order valence-corrected chi connectivity index (χ3v) is 2.86. The summed E-state index contributed by atoms with van der Waals surface area (Å²) >= 11 is 0. The van der Waals surface area contributed by atoms with E-state index in [1.54, 1.807) is 12.1 Å². The van der Waals surface area contributed by atoms with E-state index in [-0.39, 0.29) is 37.1 Å². The summed E-state index contributed by atoms with van der Waals surface area (Å²) in [7, 11) is 0. The van der Waals surface area contributed by atoms with E-state index in [0.29, 0.717) is 12.8 Å². The number of rotatable bonds is 9. The number of hydrogen-bond acceptors (Lipinski definition) is 3. The molecule has 21 heavy (non-hydrogen) atoms. The van der Waals surface area contributed by atoms with Gasteiger partial charge in [-0.1, -0.05) is 12.1 Å². The molecule has 1 aromatic rings. The molecule has 1 unspecified atom stereocenters. The third-order valence-electron chi connectivity index (χ3n) is 2.86. The molecule has 1 aromatic carbocycles. The van der Waals surface area contributed by atoms with Crippen molar-refractivity contribution in [3.05, 3.63) is 30.1 Å². The SMILES string of the molecule is CC(CCCC(=O)O)NC(=O)CCOc1ccccc1F. The zero-order valence-electron chi connectivity index (χ0n) is 12.0. The van der Waals surface area contributed by atoms with Crippen LogP contribution in [0.3, 0.4) is 0 Å². The molecule has 5 nitrogen and oxygen atoms in total. The summed E-state index contributed by atoms with van der Waals surface area (Å²) in [4.78, 5) is 22.0. The molecule has 116 valence electrons. The molecular formula is C15H20FNO4. The molecule has 0 aromatic heterocycles. The number of benzene rings is 1. The largest absolute Gasteiger partial charge is 0.490 e. The topological polar surface area (TPSA) is 75.6 Å². The first-order valence-electron chi connectivity index (χ1n) is 6.87. The predicted molar refractivity (Wildman–Crippen MR) is 75.6 cm³/mol. The van der Waals surface area contributed by atoms with Gasteiger partial charge in [-0.25, -0.2) is 4.39 Å². The van der Waals surface area contributed by atoms with Crippen LogP contribution in [0.4, 0.5) is 4.39 Å². The first-order valence-corrected chi connectivity index (χ1v) is 6.87. The molecule has 0 saturated carbocycles. The highest BCUT2D eigenvalue weighted by atomic mass is 19.1. The second-order valence-electron chi connectivity index (χ2n) is 4.78. The van der Waals surface area contributed by atoms with E-state index >= 15 is 0 Å². The van der Waals surface area contributed by atoms with Crippen LogP contribution in [0.2, 0.25) is 0 Å². The van der Waals surface area contributed by atoms with Gasteiger partial charge in [0.25, 0.3) is 0 Å². The lowest BCUT2D eigenvalue weighted by Gasteiger charge is -2.13. The average molecular weight is 297 g/mol. The van der Waals surface area contributed by atoms with E-state index in [4.69, 9.17) is 9.84 Å². The number of carboxylic acids is 1. The van der Waals surface area contributed by atoms with Gasteiger partial charge < -0.3 is 15.2 Å². The molecule has 2 N–H and O–H groups in total. The highest BCUT2D eigenvalue weighted by Gasteiger charge is 2.09. The summed E-state index contributed by atoms with van der Waals surface area (Å²) in [6.07, 6.45) is 1.34. The number of carbonyl (C=O) groups is 2. The number of carboxylic acid groups (broad SMARTS) is 1. The predicted octanol–water partition coefficient (Wildman–Crippen LogP) is 2.35. The van der Waals surface area contributed by atoms with Gasteiger partial charge in [-0.05, 0) is 31.9 Å². The first kappa shape index (κ1) is 16.9. The van der Waals surface area contributed by atoms with Gasteiger partial charge in [-0.3, -0.25) is 9.59 Å². The zero-order chi connectivity index (χ0) is 15.7. The van der Waals surface area contributed by atoms with Gasteiger partial charge in [0.1, 0.15) is 0 Å². The smallest absolute Gasteiger partial charge is 0.303 e. The number of ether oxygens (including phenoxy) is 1. The lowest BCUT2D eigenvalue weighted by molar-refractivity contribution is -0.137. The summed E-state index contributed by atoms with van der Waals surface area (Å²) in [5.41, 5.74) is 0. The fourth-order valence-corrected chi connectivity index (χ4v) is 1.79. The van der Waals surface area contributed by atoms with Crippen LogP contribution in [0.25, 0.3) is 0 Å². The van der Waals surface area contributed by atoms with Gasteiger partial charge >= 0.3 is 5.97 Å². The standard InChI is InChI=1S/C15H20FNO4/c1-11(5-4-8-15(19)20)17-14(18)9-10-21-13-7-3-2-6-12(13)16/h2-3,6-7,11H,4-5,8-10H2,1H3,(H,17,18)(H,19,20). The molecule has 1 atom stereocenters. The number of nitrogens with one attached hydrogen (secondary N) is 1. The van der Waals surface area contributed by atoms with Crippen molar-refractivity contribution in [3.63, 3.8) is 0 Å². The minimum atomic E-state index is -0.841. The Bertz CT molecular complexity index is 478. The number of para-hydroxylation sites is 1. The van der Waals surface area contributed by atoms with E-state index in [2.05, 4.69) is 5.32 Å². The molecule has 1 rings (SSSR count). The molecule has 0 heterocycles. The van der Waals surface area contributed by atoms with Crippen molar-refractivity contribution in [1.29, 1.82) is 0 Å². The normalized spacial score (nSPS) is 11.7. The highest BCUT2D eigenvalue weighted by Crippen LogP contribution is 2.15. The minimum Gasteiger partial charge on any atom is -0.490 e. The monoisotopic (exact) mass is 297 g/mol. The second kappa shape index (κ2) is 8.94. The van der Waals surface area contributed by atoms with Gasteiger partial charge in [-0.15, -0.1) is 0 Å². The highest BCUT2D eigenvalue weighted by molar-refractivity contribution is 5.76. The number of aliphatic carboxylic acids is 1. The van der Waals surface area contributed by atoms with E-state index in [1.165, 1.54) is 12.1 Å². The Morgan fingerprint density at radius 3 is 2.71 bits per heavy atom. The summed E-state index contributed by atoms with van der Waals surface area (Å²) in [6, 6.07) is 5.92. The Labute approximate surface area is 123 Å². The lowest BCUT2D eigenvalue weighted by atomic mass is 10.1. The molecule has 0 bridgehead atoms. The summed E-state index contributed by atoms with van der Waals surface area (Å²) in [6.45, 7) is 1.91. The second-order valence-corrected chi connectivity index (χ2v) is 4.78. The van der Waals surface area contributed by atoms with Crippen molar-refractivity contribution in [2.45, 2.75) is 38.6 Å². The number of amides is 1. The van der Waals surface area contributed by atoms with Gasteiger partial charge in [-0.2, -0.15) is 0 Å². The number of halogens is 1. The Morgan fingerprint density at radius 2 is 2.05 bits per heavy atom. The molecule has 0 radical (unpaired) electrons. The molecule has 0 aliphatic rings. The Balaban J connectivity index is 2.19. The van der Waals surface area contributed by atoms with E-state index in [9.17, 15) is 14.0 Å². The maximum atomic E-state index is 13.3. The minimum absolute atomic E-state index is 0.0919. The van der Waals surface area contributed by atoms with Gasteiger partial charge in [0, 0.05) is 12.5 Å². The van der Waals surface area contributed by atoms with Crippen LogP contribution in [0.5, 0.6) is 5.75 Å². The first-order chi connectivity index (χ1) is 9.99. The summed E-state index contributed by atoms with van der Waals surface area (Å²) < 4.78 is 18.4. The van der Waals surface area contributed by atoms with Gasteiger partial charge in [0.2, 0.25) is 5.91 Å². The molecule has 0 aliphatic heterocycles. The van der Waals surface area contributed by atoms with Gasteiger partial charge in [0.15, 0.2) is 11.6 Å². The van der Waals surface area contributed by atoms with E-state index in [1.807, 2.05) is 6.92 Å². The zero-order valence-corrected chi connectivity index (χ0v) is 12.0.